The fourth-order valence-electron chi connectivity index (χ4n) is 3.80. The van der Waals surface area contributed by atoms with Gasteiger partial charge in [0.15, 0.2) is 0 Å². The molecule has 0 radical (unpaired) electrons. The summed E-state index contributed by atoms with van der Waals surface area (Å²) >= 11 is 0. The van der Waals surface area contributed by atoms with E-state index < -0.39 is 0 Å². The number of hydrogen-bond acceptors (Lipinski definition) is 2. The lowest BCUT2D eigenvalue weighted by Crippen LogP contribution is -2.49. The van der Waals surface area contributed by atoms with Crippen molar-refractivity contribution in [2.45, 2.75) is 58.1 Å². The Bertz CT molecular complexity index is 447. The highest BCUT2D eigenvalue weighted by Crippen LogP contribution is 2.44. The van der Waals surface area contributed by atoms with Crippen molar-refractivity contribution in [3.63, 3.8) is 0 Å². The number of rotatable bonds is 6. The van der Waals surface area contributed by atoms with Gasteiger partial charge in [-0.2, -0.15) is 0 Å². The summed E-state index contributed by atoms with van der Waals surface area (Å²) in [5.74, 6) is 0.485. The Morgan fingerprint density at radius 1 is 1.38 bits per heavy atom. The van der Waals surface area contributed by atoms with Gasteiger partial charge in [0.05, 0.1) is 11.6 Å². The largest absolute Gasteiger partial charge is 0.373 e. The smallest absolute Gasteiger partial charge is 0.128 e. The summed E-state index contributed by atoms with van der Waals surface area (Å²) in [5.41, 5.74) is 0.451. The Labute approximate surface area is 128 Å². The number of likely N-dealkylation sites (N-methyl/N-ethyl adjacent to an activating group) is 1. The molecule has 0 heterocycles. The highest BCUT2D eigenvalue weighted by atomic mass is 19.1. The average molecular weight is 293 g/mol. The van der Waals surface area contributed by atoms with E-state index in [9.17, 15) is 4.39 Å². The third-order valence-electron chi connectivity index (χ3n) is 4.57. The van der Waals surface area contributed by atoms with Gasteiger partial charge >= 0.3 is 0 Å². The van der Waals surface area contributed by atoms with E-state index >= 15 is 0 Å². The van der Waals surface area contributed by atoms with Gasteiger partial charge < -0.3 is 10.1 Å². The molecule has 0 aliphatic heterocycles. The summed E-state index contributed by atoms with van der Waals surface area (Å²) in [5, 5.41) is 3.49. The molecule has 1 aliphatic carbocycles. The van der Waals surface area contributed by atoms with Crippen LogP contribution in [0.25, 0.3) is 0 Å². The van der Waals surface area contributed by atoms with Crippen LogP contribution in [0, 0.1) is 11.7 Å². The van der Waals surface area contributed by atoms with Crippen LogP contribution in [0.15, 0.2) is 24.3 Å². The van der Waals surface area contributed by atoms with Gasteiger partial charge in [-0.1, -0.05) is 44.9 Å². The molecular weight excluding hydrogens is 265 g/mol. The fourth-order valence-corrected chi connectivity index (χ4v) is 3.80. The average Bonchev–Trinajstić information content (AvgIpc) is 2.46. The molecule has 2 rings (SSSR count). The summed E-state index contributed by atoms with van der Waals surface area (Å²) in [6.07, 6.45) is 4.38. The molecule has 3 unspecified atom stereocenters. The summed E-state index contributed by atoms with van der Waals surface area (Å²) in [7, 11) is 0. The standard InChI is InChI=1S/C18H28FNO/c1-4-20-17(15-10-6-7-11-16(15)19)18(21-5-2)12-8-9-14(3)13-18/h6-7,10-11,14,17,20H,4-5,8-9,12-13H2,1-3H3. The van der Waals surface area contributed by atoms with Crippen LogP contribution in [0.2, 0.25) is 0 Å². The van der Waals surface area contributed by atoms with Crippen LogP contribution >= 0.6 is 0 Å². The minimum Gasteiger partial charge on any atom is -0.373 e. The third-order valence-corrected chi connectivity index (χ3v) is 4.57. The van der Waals surface area contributed by atoms with Gasteiger partial charge in [-0.25, -0.2) is 4.39 Å². The predicted octanol–water partition coefficient (Wildman–Crippen LogP) is 4.46. The summed E-state index contributed by atoms with van der Waals surface area (Å²) < 4.78 is 20.6. The quantitative estimate of drug-likeness (QED) is 0.836. The van der Waals surface area contributed by atoms with Crippen LogP contribution in [0.5, 0.6) is 0 Å². The highest BCUT2D eigenvalue weighted by molar-refractivity contribution is 5.25. The van der Waals surface area contributed by atoms with Crippen molar-refractivity contribution in [3.8, 4) is 0 Å². The minimum atomic E-state index is -0.287. The van der Waals surface area contributed by atoms with Crippen LogP contribution in [0.4, 0.5) is 4.39 Å². The molecule has 3 atom stereocenters. The normalized spacial score (nSPS) is 27.5. The van der Waals surface area contributed by atoms with Crippen molar-refractivity contribution in [1.82, 2.24) is 5.32 Å². The maximum atomic E-state index is 14.3. The first kappa shape index (κ1) is 16.4. The predicted molar refractivity (Wildman–Crippen MR) is 84.8 cm³/mol. The van der Waals surface area contributed by atoms with Crippen LogP contribution in [0.3, 0.4) is 0 Å². The fraction of sp³-hybridized carbons (Fsp3) is 0.667. The first-order chi connectivity index (χ1) is 10.1. The summed E-state index contributed by atoms with van der Waals surface area (Å²) in [4.78, 5) is 0. The van der Waals surface area contributed by atoms with Crippen LogP contribution in [0.1, 0.15) is 58.1 Å². The molecule has 2 nitrogen and oxygen atoms in total. The summed E-state index contributed by atoms with van der Waals surface area (Å²) in [6.45, 7) is 7.85. The highest BCUT2D eigenvalue weighted by Gasteiger charge is 2.43. The molecule has 0 bridgehead atoms. The van der Waals surface area contributed by atoms with E-state index in [1.807, 2.05) is 19.1 Å². The lowest BCUT2D eigenvalue weighted by atomic mass is 9.72. The summed E-state index contributed by atoms with van der Waals surface area (Å²) in [6, 6.07) is 7.02. The van der Waals surface area contributed by atoms with Crippen molar-refractivity contribution in [2.24, 2.45) is 5.92 Å². The number of ether oxygens (including phenoxy) is 1. The van der Waals surface area contributed by atoms with Gasteiger partial charge in [0.2, 0.25) is 0 Å². The molecule has 0 saturated heterocycles. The van der Waals surface area contributed by atoms with E-state index in [1.165, 1.54) is 6.42 Å². The molecule has 1 aromatic carbocycles. The monoisotopic (exact) mass is 293 g/mol. The zero-order valence-corrected chi connectivity index (χ0v) is 13.5. The molecule has 1 saturated carbocycles. The molecule has 1 N–H and O–H groups in total. The number of halogens is 1. The van der Waals surface area contributed by atoms with Crippen molar-refractivity contribution in [1.29, 1.82) is 0 Å². The molecule has 118 valence electrons. The van der Waals surface area contributed by atoms with Crippen LogP contribution < -0.4 is 5.32 Å². The first-order valence-electron chi connectivity index (χ1n) is 8.24. The minimum absolute atomic E-state index is 0.0774. The lowest BCUT2D eigenvalue weighted by Gasteiger charge is -2.46. The number of nitrogens with one attached hydrogen (secondary N) is 1. The van der Waals surface area contributed by atoms with Crippen molar-refractivity contribution in [2.75, 3.05) is 13.2 Å². The zero-order valence-electron chi connectivity index (χ0n) is 13.5. The SMILES string of the molecule is CCNC(c1ccccc1F)C1(OCC)CCCC(C)C1. The third kappa shape index (κ3) is 3.64. The van der Waals surface area contributed by atoms with Gasteiger partial charge in [-0.3, -0.25) is 0 Å². The molecule has 1 aromatic rings. The van der Waals surface area contributed by atoms with Crippen LogP contribution in [-0.4, -0.2) is 18.8 Å². The molecule has 0 spiro atoms. The molecule has 1 fully saturated rings. The maximum Gasteiger partial charge on any atom is 0.128 e. The number of hydrogen-bond donors (Lipinski definition) is 1. The second-order valence-corrected chi connectivity index (χ2v) is 6.21. The Morgan fingerprint density at radius 2 is 2.14 bits per heavy atom. The molecule has 3 heteroatoms. The number of benzene rings is 1. The molecular formula is C18H28FNO. The van der Waals surface area contributed by atoms with Crippen molar-refractivity contribution < 1.29 is 9.13 Å². The van der Waals surface area contributed by atoms with E-state index in [1.54, 1.807) is 12.1 Å². The van der Waals surface area contributed by atoms with Gasteiger partial charge in [-0.05, 0) is 38.3 Å². The molecule has 1 aliphatic rings. The second-order valence-electron chi connectivity index (χ2n) is 6.21. The van der Waals surface area contributed by atoms with Gasteiger partial charge in [0.1, 0.15) is 5.82 Å². The Hall–Kier alpha value is -0.930. The van der Waals surface area contributed by atoms with E-state index in [4.69, 9.17) is 4.74 Å². The van der Waals surface area contributed by atoms with E-state index in [2.05, 4.69) is 19.2 Å². The van der Waals surface area contributed by atoms with Gasteiger partial charge in [0.25, 0.3) is 0 Å². The second kappa shape index (κ2) is 7.37. The zero-order chi connectivity index (χ0) is 15.3. The topological polar surface area (TPSA) is 21.3 Å². The Kier molecular flexibility index (Phi) is 5.77. The molecule has 0 aromatic heterocycles. The Morgan fingerprint density at radius 3 is 2.76 bits per heavy atom. The van der Waals surface area contributed by atoms with E-state index in [0.29, 0.717) is 12.5 Å². The lowest BCUT2D eigenvalue weighted by molar-refractivity contribution is -0.102. The van der Waals surface area contributed by atoms with Crippen molar-refractivity contribution in [3.05, 3.63) is 35.6 Å². The molecule has 21 heavy (non-hydrogen) atoms. The van der Waals surface area contributed by atoms with Crippen LogP contribution in [-0.2, 0) is 4.74 Å². The van der Waals surface area contributed by atoms with E-state index in [-0.39, 0.29) is 17.5 Å². The van der Waals surface area contributed by atoms with E-state index in [0.717, 1.165) is 31.4 Å². The molecule has 0 amide bonds. The van der Waals surface area contributed by atoms with Gasteiger partial charge in [-0.15, -0.1) is 0 Å². The first-order valence-corrected chi connectivity index (χ1v) is 8.24. The van der Waals surface area contributed by atoms with Gasteiger partial charge in [0, 0.05) is 12.2 Å². The Balaban J connectivity index is 2.39. The van der Waals surface area contributed by atoms with Crippen molar-refractivity contribution >= 4 is 0 Å². The maximum absolute atomic E-state index is 14.3.